The number of rotatable bonds is 7. The third-order valence-corrected chi connectivity index (χ3v) is 3.35. The van der Waals surface area contributed by atoms with Crippen LogP contribution in [0.4, 0.5) is 0 Å². The van der Waals surface area contributed by atoms with E-state index < -0.39 is 0 Å². The van der Waals surface area contributed by atoms with Gasteiger partial charge in [0.2, 0.25) is 5.91 Å². The normalized spacial score (nSPS) is 10.8. The number of halogens is 2. The lowest BCUT2D eigenvalue weighted by Crippen LogP contribution is -2.24. The van der Waals surface area contributed by atoms with E-state index in [4.69, 9.17) is 27.9 Å². The smallest absolute Gasteiger partial charge is 0.225 e. The lowest BCUT2D eigenvalue weighted by atomic mass is 10.2. The molecule has 0 unspecified atom stereocenters. The molecule has 1 aromatic carbocycles. The Morgan fingerprint density at radius 1 is 1.33 bits per heavy atom. The molecule has 0 aromatic heterocycles. The van der Waals surface area contributed by atoms with Crippen LogP contribution in [0.1, 0.15) is 25.8 Å². The Morgan fingerprint density at radius 2 is 2.00 bits per heavy atom. The summed E-state index contributed by atoms with van der Waals surface area (Å²) in [7, 11) is 3.44. The molecule has 118 valence electrons. The standard InChI is InChI=1S/C15H22Cl2N2O2/c1-10(2)18-9-11-7-12(16)8-13(17)15(11)21-6-5-14(20)19(3)4/h7-8,10,18H,5-6,9H2,1-4H3. The molecule has 0 saturated heterocycles. The minimum atomic E-state index is 0.0157. The lowest BCUT2D eigenvalue weighted by molar-refractivity contribution is -0.129. The maximum Gasteiger partial charge on any atom is 0.225 e. The van der Waals surface area contributed by atoms with Gasteiger partial charge in [0.25, 0.3) is 0 Å². The molecule has 6 heteroatoms. The number of nitrogens with zero attached hydrogens (tertiary/aromatic N) is 1. The first-order chi connectivity index (χ1) is 9.81. The second-order valence-corrected chi connectivity index (χ2v) is 6.14. The van der Waals surface area contributed by atoms with Crippen LogP contribution in [0.15, 0.2) is 12.1 Å². The van der Waals surface area contributed by atoms with Crippen LogP contribution in [0.25, 0.3) is 0 Å². The van der Waals surface area contributed by atoms with E-state index in [1.165, 1.54) is 4.90 Å². The summed E-state index contributed by atoms with van der Waals surface area (Å²) >= 11 is 12.2. The number of hydrogen-bond donors (Lipinski definition) is 1. The Bertz CT molecular complexity index is 491. The van der Waals surface area contributed by atoms with Gasteiger partial charge >= 0.3 is 0 Å². The van der Waals surface area contributed by atoms with Gasteiger partial charge in [0.15, 0.2) is 0 Å². The van der Waals surface area contributed by atoms with Crippen molar-refractivity contribution in [3.63, 3.8) is 0 Å². The van der Waals surface area contributed by atoms with Crippen LogP contribution in [0.2, 0.25) is 10.0 Å². The summed E-state index contributed by atoms with van der Waals surface area (Å²) in [5, 5.41) is 4.33. The third kappa shape index (κ3) is 6.12. The van der Waals surface area contributed by atoms with Gasteiger partial charge in [0.05, 0.1) is 18.1 Å². The zero-order valence-electron chi connectivity index (χ0n) is 12.9. The summed E-state index contributed by atoms with van der Waals surface area (Å²) in [4.78, 5) is 13.1. The van der Waals surface area contributed by atoms with Gasteiger partial charge in [-0.1, -0.05) is 37.0 Å². The van der Waals surface area contributed by atoms with Crippen LogP contribution in [0.3, 0.4) is 0 Å². The van der Waals surface area contributed by atoms with Gasteiger partial charge in [-0.3, -0.25) is 4.79 Å². The van der Waals surface area contributed by atoms with Crippen molar-refractivity contribution in [1.82, 2.24) is 10.2 Å². The van der Waals surface area contributed by atoms with Gasteiger partial charge in [0, 0.05) is 37.3 Å². The molecular formula is C15H22Cl2N2O2. The SMILES string of the molecule is CC(C)NCc1cc(Cl)cc(Cl)c1OCCC(=O)N(C)C. The quantitative estimate of drug-likeness (QED) is 0.832. The Hall–Kier alpha value is -0.970. The molecule has 0 atom stereocenters. The Morgan fingerprint density at radius 3 is 2.57 bits per heavy atom. The summed E-state index contributed by atoms with van der Waals surface area (Å²) in [6.07, 6.45) is 0.309. The van der Waals surface area contributed by atoms with E-state index in [1.807, 2.05) is 6.07 Å². The molecule has 0 saturated carbocycles. The fourth-order valence-electron chi connectivity index (χ4n) is 1.68. The van der Waals surface area contributed by atoms with E-state index in [0.29, 0.717) is 34.8 Å². The molecule has 0 bridgehead atoms. The second-order valence-electron chi connectivity index (χ2n) is 5.30. The van der Waals surface area contributed by atoms with Crippen molar-refractivity contribution < 1.29 is 9.53 Å². The number of amides is 1. The van der Waals surface area contributed by atoms with E-state index in [2.05, 4.69) is 19.2 Å². The average molecular weight is 333 g/mol. The predicted octanol–water partition coefficient (Wildman–Crippen LogP) is 3.35. The highest BCUT2D eigenvalue weighted by molar-refractivity contribution is 6.35. The highest BCUT2D eigenvalue weighted by atomic mass is 35.5. The van der Waals surface area contributed by atoms with Gasteiger partial charge in [-0.2, -0.15) is 0 Å². The van der Waals surface area contributed by atoms with Gasteiger partial charge in [-0.05, 0) is 12.1 Å². The van der Waals surface area contributed by atoms with Crippen molar-refractivity contribution in [3.8, 4) is 5.75 Å². The molecule has 0 fully saturated rings. The molecular weight excluding hydrogens is 311 g/mol. The first kappa shape index (κ1) is 18.1. The summed E-state index contributed by atoms with van der Waals surface area (Å²) in [5.74, 6) is 0.600. The van der Waals surface area contributed by atoms with Gasteiger partial charge in [-0.15, -0.1) is 0 Å². The van der Waals surface area contributed by atoms with Gasteiger partial charge in [0.1, 0.15) is 5.75 Å². The molecule has 21 heavy (non-hydrogen) atoms. The van der Waals surface area contributed by atoms with Crippen LogP contribution in [-0.2, 0) is 11.3 Å². The van der Waals surface area contributed by atoms with Crippen LogP contribution in [0.5, 0.6) is 5.75 Å². The molecule has 0 radical (unpaired) electrons. The minimum Gasteiger partial charge on any atom is -0.491 e. The molecule has 4 nitrogen and oxygen atoms in total. The minimum absolute atomic E-state index is 0.0157. The van der Waals surface area contributed by atoms with Crippen molar-refractivity contribution >= 4 is 29.1 Å². The maximum absolute atomic E-state index is 11.6. The zero-order valence-corrected chi connectivity index (χ0v) is 14.4. The number of benzene rings is 1. The summed E-state index contributed by atoms with van der Waals surface area (Å²) < 4.78 is 5.70. The fraction of sp³-hybridized carbons (Fsp3) is 0.533. The Balaban J connectivity index is 2.77. The number of carbonyl (C=O) groups excluding carboxylic acids is 1. The van der Waals surface area contributed by atoms with Crippen LogP contribution >= 0.6 is 23.2 Å². The number of hydrogen-bond acceptors (Lipinski definition) is 3. The number of nitrogens with one attached hydrogen (secondary N) is 1. The molecule has 0 aliphatic carbocycles. The molecule has 1 rings (SSSR count). The molecule has 1 aromatic rings. The van der Waals surface area contributed by atoms with Crippen molar-refractivity contribution in [2.45, 2.75) is 32.9 Å². The van der Waals surface area contributed by atoms with E-state index >= 15 is 0 Å². The third-order valence-electron chi connectivity index (χ3n) is 2.85. The molecule has 1 amide bonds. The largest absolute Gasteiger partial charge is 0.491 e. The maximum atomic E-state index is 11.6. The molecule has 1 N–H and O–H groups in total. The van der Waals surface area contributed by atoms with Gasteiger partial charge in [-0.25, -0.2) is 0 Å². The first-order valence-corrected chi connectivity index (χ1v) is 7.61. The number of carbonyl (C=O) groups is 1. The Labute approximate surface area is 136 Å². The van der Waals surface area contributed by atoms with Crippen LogP contribution < -0.4 is 10.1 Å². The van der Waals surface area contributed by atoms with Crippen molar-refractivity contribution in [1.29, 1.82) is 0 Å². The summed E-state index contributed by atoms with van der Waals surface area (Å²) in [5.41, 5.74) is 0.888. The number of ether oxygens (including phenoxy) is 1. The summed E-state index contributed by atoms with van der Waals surface area (Å²) in [6.45, 7) is 5.01. The van der Waals surface area contributed by atoms with Crippen molar-refractivity contribution in [2.75, 3.05) is 20.7 Å². The van der Waals surface area contributed by atoms with Crippen LogP contribution in [0, 0.1) is 0 Å². The highest BCUT2D eigenvalue weighted by Crippen LogP contribution is 2.32. The molecule has 0 aliphatic heterocycles. The average Bonchev–Trinajstić information content (AvgIpc) is 2.38. The second kappa shape index (κ2) is 8.47. The topological polar surface area (TPSA) is 41.6 Å². The highest BCUT2D eigenvalue weighted by Gasteiger charge is 2.12. The Kier molecular flexibility index (Phi) is 7.29. The van der Waals surface area contributed by atoms with Crippen molar-refractivity contribution in [2.24, 2.45) is 0 Å². The molecule has 0 aliphatic rings. The predicted molar refractivity (Wildman–Crippen MR) is 87.2 cm³/mol. The van der Waals surface area contributed by atoms with E-state index in [9.17, 15) is 4.79 Å². The van der Waals surface area contributed by atoms with Crippen molar-refractivity contribution in [3.05, 3.63) is 27.7 Å². The monoisotopic (exact) mass is 332 g/mol. The summed E-state index contributed by atoms with van der Waals surface area (Å²) in [6, 6.07) is 3.81. The lowest BCUT2D eigenvalue weighted by Gasteiger charge is -2.16. The molecule has 0 spiro atoms. The fourth-order valence-corrected chi connectivity index (χ4v) is 2.27. The van der Waals surface area contributed by atoms with Gasteiger partial charge < -0.3 is 15.0 Å². The van der Waals surface area contributed by atoms with E-state index in [0.717, 1.165) is 5.56 Å². The van der Waals surface area contributed by atoms with E-state index in [-0.39, 0.29) is 12.5 Å². The zero-order chi connectivity index (χ0) is 16.0. The molecule has 0 heterocycles. The first-order valence-electron chi connectivity index (χ1n) is 6.85. The van der Waals surface area contributed by atoms with E-state index in [1.54, 1.807) is 20.2 Å². The van der Waals surface area contributed by atoms with Crippen LogP contribution in [-0.4, -0.2) is 37.6 Å².